The van der Waals surface area contributed by atoms with Gasteiger partial charge in [-0.2, -0.15) is 0 Å². The number of methoxy groups -OCH3 is 3. The Morgan fingerprint density at radius 2 is 1.69 bits per heavy atom. The van der Waals surface area contributed by atoms with Crippen molar-refractivity contribution in [2.45, 2.75) is 0 Å². The molecule has 8 heteroatoms. The molecule has 0 radical (unpaired) electrons. The maximum absolute atomic E-state index is 12.3. The van der Waals surface area contributed by atoms with Crippen molar-refractivity contribution in [2.24, 2.45) is 0 Å². The number of hydrogen-bond acceptors (Lipinski definition) is 8. The second kappa shape index (κ2) is 6.83. The number of esters is 2. The number of ether oxygens (including phenoxy) is 5. The Hall–Kier alpha value is -3.42. The summed E-state index contributed by atoms with van der Waals surface area (Å²) in [5, 5.41) is 10.2. The van der Waals surface area contributed by atoms with Crippen LogP contribution in [0.3, 0.4) is 0 Å². The van der Waals surface area contributed by atoms with E-state index >= 15 is 0 Å². The van der Waals surface area contributed by atoms with Gasteiger partial charge in [-0.15, -0.1) is 0 Å². The SMILES string of the molecule is COC(=O)c1cc(OC)c(O)cc1-c1c(C(=O)OC)ccc2c1OCO2. The Labute approximate surface area is 148 Å². The van der Waals surface area contributed by atoms with Crippen LogP contribution in [0.1, 0.15) is 20.7 Å². The van der Waals surface area contributed by atoms with Crippen molar-refractivity contribution in [1.82, 2.24) is 0 Å². The van der Waals surface area contributed by atoms with E-state index in [9.17, 15) is 14.7 Å². The van der Waals surface area contributed by atoms with Gasteiger partial charge in [-0.1, -0.05) is 0 Å². The first-order chi connectivity index (χ1) is 12.5. The summed E-state index contributed by atoms with van der Waals surface area (Å²) in [7, 11) is 3.82. The number of hydrogen-bond donors (Lipinski definition) is 1. The van der Waals surface area contributed by atoms with Crippen LogP contribution < -0.4 is 14.2 Å². The highest BCUT2D eigenvalue weighted by atomic mass is 16.7. The van der Waals surface area contributed by atoms with Gasteiger partial charge < -0.3 is 28.8 Å². The van der Waals surface area contributed by atoms with Crippen LogP contribution in [-0.4, -0.2) is 45.2 Å². The Bertz CT molecular complexity index is 887. The van der Waals surface area contributed by atoms with E-state index < -0.39 is 11.9 Å². The average Bonchev–Trinajstić information content (AvgIpc) is 3.14. The molecule has 136 valence electrons. The molecular weight excluding hydrogens is 344 g/mol. The van der Waals surface area contributed by atoms with E-state index in [1.165, 1.54) is 39.5 Å². The number of carbonyl (C=O) groups is 2. The molecule has 0 aliphatic carbocycles. The number of carbonyl (C=O) groups excluding carboxylic acids is 2. The quantitative estimate of drug-likeness (QED) is 0.830. The van der Waals surface area contributed by atoms with Crippen LogP contribution >= 0.6 is 0 Å². The number of phenols is 1. The van der Waals surface area contributed by atoms with Gasteiger partial charge in [-0.25, -0.2) is 9.59 Å². The van der Waals surface area contributed by atoms with Gasteiger partial charge in [0.2, 0.25) is 6.79 Å². The van der Waals surface area contributed by atoms with Crippen molar-refractivity contribution >= 4 is 11.9 Å². The lowest BCUT2D eigenvalue weighted by atomic mass is 9.93. The lowest BCUT2D eigenvalue weighted by Gasteiger charge is -2.16. The highest BCUT2D eigenvalue weighted by Gasteiger charge is 2.29. The molecule has 1 aliphatic heterocycles. The monoisotopic (exact) mass is 360 g/mol. The summed E-state index contributed by atoms with van der Waals surface area (Å²) in [6.45, 7) is -0.0390. The molecule has 26 heavy (non-hydrogen) atoms. The molecule has 0 atom stereocenters. The topological polar surface area (TPSA) is 101 Å². The first-order valence-corrected chi connectivity index (χ1v) is 7.52. The van der Waals surface area contributed by atoms with Crippen LogP contribution in [0.4, 0.5) is 0 Å². The van der Waals surface area contributed by atoms with Gasteiger partial charge in [0.05, 0.1) is 32.5 Å². The van der Waals surface area contributed by atoms with E-state index in [1.54, 1.807) is 6.07 Å². The third-order valence-corrected chi connectivity index (χ3v) is 3.94. The fourth-order valence-corrected chi connectivity index (χ4v) is 2.74. The molecule has 3 rings (SSSR count). The molecule has 2 aromatic rings. The molecule has 0 saturated heterocycles. The summed E-state index contributed by atoms with van der Waals surface area (Å²) in [6.07, 6.45) is 0. The maximum atomic E-state index is 12.3. The van der Waals surface area contributed by atoms with Gasteiger partial charge in [0.15, 0.2) is 23.0 Å². The van der Waals surface area contributed by atoms with Gasteiger partial charge in [-0.3, -0.25) is 0 Å². The predicted octanol–water partition coefficient (Wildman–Crippen LogP) is 2.37. The van der Waals surface area contributed by atoms with E-state index in [0.717, 1.165) is 0 Å². The Balaban J connectivity index is 2.36. The highest BCUT2D eigenvalue weighted by Crippen LogP contribution is 2.47. The van der Waals surface area contributed by atoms with E-state index in [0.29, 0.717) is 5.75 Å². The molecule has 0 amide bonds. The number of fused-ring (bicyclic) bond motifs is 1. The second-order valence-corrected chi connectivity index (χ2v) is 5.27. The highest BCUT2D eigenvalue weighted by molar-refractivity contribution is 6.06. The molecule has 1 aliphatic rings. The molecule has 0 spiro atoms. The molecule has 1 N–H and O–H groups in total. The minimum atomic E-state index is -0.675. The Morgan fingerprint density at radius 3 is 2.35 bits per heavy atom. The fourth-order valence-electron chi connectivity index (χ4n) is 2.74. The summed E-state index contributed by atoms with van der Waals surface area (Å²) in [6, 6.07) is 5.69. The Kier molecular flexibility index (Phi) is 4.57. The number of benzene rings is 2. The van der Waals surface area contributed by atoms with Crippen LogP contribution in [0.2, 0.25) is 0 Å². The summed E-state index contributed by atoms with van der Waals surface area (Å²) in [5.74, 6) is -0.780. The van der Waals surface area contributed by atoms with Crippen LogP contribution in [0, 0.1) is 0 Å². The van der Waals surface area contributed by atoms with Crippen LogP contribution in [0.15, 0.2) is 24.3 Å². The zero-order valence-electron chi connectivity index (χ0n) is 14.3. The molecule has 0 aromatic heterocycles. The van der Waals surface area contributed by atoms with Crippen molar-refractivity contribution in [2.75, 3.05) is 28.1 Å². The van der Waals surface area contributed by atoms with E-state index in [-0.39, 0.29) is 46.3 Å². The van der Waals surface area contributed by atoms with Crippen LogP contribution in [-0.2, 0) is 9.47 Å². The number of rotatable bonds is 4. The smallest absolute Gasteiger partial charge is 0.338 e. The lowest BCUT2D eigenvalue weighted by molar-refractivity contribution is 0.0589. The summed E-state index contributed by atoms with van der Waals surface area (Å²) >= 11 is 0. The van der Waals surface area contributed by atoms with Crippen molar-refractivity contribution < 1.29 is 38.4 Å². The number of aromatic hydroxyl groups is 1. The molecule has 2 aromatic carbocycles. The summed E-state index contributed by atoms with van der Waals surface area (Å²) in [4.78, 5) is 24.5. The van der Waals surface area contributed by atoms with Gasteiger partial charge >= 0.3 is 11.9 Å². The molecule has 0 fully saturated rings. The van der Waals surface area contributed by atoms with Crippen molar-refractivity contribution in [3.63, 3.8) is 0 Å². The zero-order chi connectivity index (χ0) is 18.8. The van der Waals surface area contributed by atoms with Crippen LogP contribution in [0.25, 0.3) is 11.1 Å². The minimum Gasteiger partial charge on any atom is -0.504 e. The third-order valence-electron chi connectivity index (χ3n) is 3.94. The first-order valence-electron chi connectivity index (χ1n) is 7.52. The van der Waals surface area contributed by atoms with Gasteiger partial charge in [0, 0.05) is 11.1 Å². The zero-order valence-corrected chi connectivity index (χ0v) is 14.3. The minimum absolute atomic E-state index is 0.0390. The maximum Gasteiger partial charge on any atom is 0.338 e. The molecule has 0 saturated carbocycles. The normalized spacial score (nSPS) is 11.8. The standard InChI is InChI=1S/C18H16O8/c1-22-14-7-11(18(21)24-3)10(6-12(14)19)15-9(17(20)23-2)4-5-13-16(15)26-8-25-13/h4-7,19H,8H2,1-3H3. The fraction of sp³-hybridized carbons (Fsp3) is 0.222. The molecule has 0 bridgehead atoms. The third kappa shape index (κ3) is 2.75. The van der Waals surface area contributed by atoms with Crippen molar-refractivity contribution in [3.05, 3.63) is 35.4 Å². The molecule has 1 heterocycles. The van der Waals surface area contributed by atoms with Gasteiger partial charge in [-0.05, 0) is 24.3 Å². The molecule has 8 nitrogen and oxygen atoms in total. The van der Waals surface area contributed by atoms with E-state index in [4.69, 9.17) is 23.7 Å². The Morgan fingerprint density at radius 1 is 1.00 bits per heavy atom. The molecular formula is C18H16O8. The summed E-state index contributed by atoms with van der Waals surface area (Å²) in [5.41, 5.74) is 0.700. The van der Waals surface area contributed by atoms with E-state index in [1.807, 2.05) is 0 Å². The van der Waals surface area contributed by atoms with Crippen molar-refractivity contribution in [3.8, 4) is 34.1 Å². The predicted molar refractivity (Wildman–Crippen MR) is 88.9 cm³/mol. The summed E-state index contributed by atoms with van der Waals surface area (Å²) < 4.78 is 25.5. The van der Waals surface area contributed by atoms with Gasteiger partial charge in [0.25, 0.3) is 0 Å². The number of phenolic OH excluding ortho intramolecular Hbond substituents is 1. The lowest BCUT2D eigenvalue weighted by Crippen LogP contribution is -2.09. The van der Waals surface area contributed by atoms with Crippen molar-refractivity contribution in [1.29, 1.82) is 0 Å². The largest absolute Gasteiger partial charge is 0.504 e. The first kappa shape index (κ1) is 17.4. The van der Waals surface area contributed by atoms with Crippen LogP contribution in [0.5, 0.6) is 23.0 Å². The van der Waals surface area contributed by atoms with E-state index in [2.05, 4.69) is 0 Å². The molecule has 0 unspecified atom stereocenters. The average molecular weight is 360 g/mol. The second-order valence-electron chi connectivity index (χ2n) is 5.27. The van der Waals surface area contributed by atoms with Gasteiger partial charge in [0.1, 0.15) is 0 Å².